The molecule has 20 heavy (non-hydrogen) atoms. The topological polar surface area (TPSA) is 46.1 Å². The maximum atomic E-state index is 5.39. The van der Waals surface area contributed by atoms with E-state index in [0.717, 1.165) is 51.4 Å². The molecular formula is C14H30IN3O2. The number of hydrogen-bond acceptors (Lipinski definition) is 3. The van der Waals surface area contributed by atoms with Gasteiger partial charge in [0.25, 0.3) is 0 Å². The van der Waals surface area contributed by atoms with E-state index in [1.807, 2.05) is 14.0 Å². The minimum absolute atomic E-state index is 0. The van der Waals surface area contributed by atoms with Crippen LogP contribution >= 0.6 is 24.0 Å². The predicted octanol–water partition coefficient (Wildman–Crippen LogP) is 1.96. The average molecular weight is 399 g/mol. The molecule has 0 aromatic rings. The summed E-state index contributed by atoms with van der Waals surface area (Å²) in [5.74, 6) is 1.75. The normalized spacial score (nSPS) is 16.6. The van der Waals surface area contributed by atoms with Gasteiger partial charge in [0.2, 0.25) is 0 Å². The summed E-state index contributed by atoms with van der Waals surface area (Å²) in [6.45, 7) is 7.20. The Kier molecular flexibility index (Phi) is 12.6. The van der Waals surface area contributed by atoms with Crippen molar-refractivity contribution < 1.29 is 9.47 Å². The molecule has 0 bridgehead atoms. The molecule has 0 amide bonds. The highest BCUT2D eigenvalue weighted by atomic mass is 127. The van der Waals surface area contributed by atoms with Crippen molar-refractivity contribution >= 4 is 29.9 Å². The molecule has 1 aliphatic heterocycles. The van der Waals surface area contributed by atoms with Crippen LogP contribution in [0.4, 0.5) is 0 Å². The molecular weight excluding hydrogens is 369 g/mol. The second-order valence-corrected chi connectivity index (χ2v) is 4.94. The van der Waals surface area contributed by atoms with Gasteiger partial charge in [-0.3, -0.25) is 4.99 Å². The first-order valence-electron chi connectivity index (χ1n) is 7.35. The van der Waals surface area contributed by atoms with Gasteiger partial charge in [-0.2, -0.15) is 0 Å². The first-order valence-corrected chi connectivity index (χ1v) is 7.35. The van der Waals surface area contributed by atoms with Crippen LogP contribution in [0.25, 0.3) is 0 Å². The van der Waals surface area contributed by atoms with Crippen molar-refractivity contribution in [1.29, 1.82) is 0 Å². The van der Waals surface area contributed by atoms with E-state index >= 15 is 0 Å². The van der Waals surface area contributed by atoms with E-state index < -0.39 is 0 Å². The van der Waals surface area contributed by atoms with Gasteiger partial charge in [0, 0.05) is 47.0 Å². The molecule has 5 nitrogen and oxygen atoms in total. The molecule has 1 N–H and O–H groups in total. The van der Waals surface area contributed by atoms with Gasteiger partial charge in [-0.15, -0.1) is 24.0 Å². The van der Waals surface area contributed by atoms with Gasteiger partial charge in [-0.05, 0) is 32.1 Å². The molecule has 0 aromatic carbocycles. The number of aliphatic imine (C=N–C) groups is 1. The Labute approximate surface area is 140 Å². The van der Waals surface area contributed by atoms with Crippen molar-refractivity contribution in [2.45, 2.75) is 26.2 Å². The second-order valence-electron chi connectivity index (χ2n) is 4.94. The lowest BCUT2D eigenvalue weighted by atomic mass is 9.96. The molecule has 1 aliphatic rings. The Morgan fingerprint density at radius 2 is 2.10 bits per heavy atom. The number of halogens is 1. The first-order chi connectivity index (χ1) is 9.27. The highest BCUT2D eigenvalue weighted by Gasteiger charge is 2.15. The maximum absolute atomic E-state index is 5.39. The van der Waals surface area contributed by atoms with Crippen molar-refractivity contribution in [3.63, 3.8) is 0 Å². The molecule has 1 saturated heterocycles. The van der Waals surface area contributed by atoms with E-state index in [4.69, 9.17) is 9.47 Å². The van der Waals surface area contributed by atoms with Crippen molar-refractivity contribution in [3.8, 4) is 0 Å². The van der Waals surface area contributed by atoms with Crippen LogP contribution in [0.5, 0.6) is 0 Å². The molecule has 0 spiro atoms. The van der Waals surface area contributed by atoms with E-state index in [0.29, 0.717) is 0 Å². The lowest BCUT2D eigenvalue weighted by Gasteiger charge is -2.26. The second kappa shape index (κ2) is 12.6. The van der Waals surface area contributed by atoms with E-state index in [1.165, 1.54) is 19.3 Å². The van der Waals surface area contributed by atoms with Crippen LogP contribution < -0.4 is 5.32 Å². The quantitative estimate of drug-likeness (QED) is 0.308. The lowest BCUT2D eigenvalue weighted by molar-refractivity contribution is 0.0625. The number of rotatable bonds is 7. The minimum Gasteiger partial charge on any atom is -0.381 e. The first kappa shape index (κ1) is 19.9. The van der Waals surface area contributed by atoms with Crippen LogP contribution in [0, 0.1) is 5.92 Å². The van der Waals surface area contributed by atoms with Crippen molar-refractivity contribution in [1.82, 2.24) is 10.2 Å². The predicted molar refractivity (Wildman–Crippen MR) is 94.1 cm³/mol. The molecule has 6 heteroatoms. The molecule has 0 aliphatic carbocycles. The zero-order valence-electron chi connectivity index (χ0n) is 13.1. The van der Waals surface area contributed by atoms with Crippen LogP contribution in [0.2, 0.25) is 0 Å². The number of guanidine groups is 1. The zero-order chi connectivity index (χ0) is 13.9. The fourth-order valence-electron chi connectivity index (χ4n) is 2.28. The van der Waals surface area contributed by atoms with E-state index in [-0.39, 0.29) is 24.0 Å². The summed E-state index contributed by atoms with van der Waals surface area (Å²) in [6.07, 6.45) is 3.61. The van der Waals surface area contributed by atoms with Crippen molar-refractivity contribution in [3.05, 3.63) is 0 Å². The summed E-state index contributed by atoms with van der Waals surface area (Å²) in [5, 5.41) is 3.32. The number of hydrogen-bond donors (Lipinski definition) is 1. The van der Waals surface area contributed by atoms with Gasteiger partial charge in [0.05, 0.1) is 6.61 Å². The molecule has 0 atom stereocenters. The van der Waals surface area contributed by atoms with Gasteiger partial charge >= 0.3 is 0 Å². The van der Waals surface area contributed by atoms with Crippen LogP contribution in [0.15, 0.2) is 4.99 Å². The Hall–Kier alpha value is -0.0800. The summed E-state index contributed by atoms with van der Waals surface area (Å²) in [7, 11) is 3.92. The lowest BCUT2D eigenvalue weighted by Crippen LogP contribution is -2.41. The van der Waals surface area contributed by atoms with Gasteiger partial charge in [-0.1, -0.05) is 0 Å². The van der Waals surface area contributed by atoms with E-state index in [9.17, 15) is 0 Å². The number of nitrogens with one attached hydrogen (secondary N) is 1. The molecule has 1 fully saturated rings. The van der Waals surface area contributed by atoms with Crippen LogP contribution in [-0.2, 0) is 9.47 Å². The SMILES string of the molecule is CCOCCNC(=NC)N(C)CCC1CCOCC1.I. The summed E-state index contributed by atoms with van der Waals surface area (Å²) in [4.78, 5) is 6.50. The molecule has 0 aromatic heterocycles. The average Bonchev–Trinajstić information content (AvgIpc) is 2.46. The number of ether oxygens (including phenoxy) is 2. The largest absolute Gasteiger partial charge is 0.381 e. The minimum atomic E-state index is 0. The van der Waals surface area contributed by atoms with Gasteiger partial charge in [0.15, 0.2) is 5.96 Å². The Morgan fingerprint density at radius 1 is 1.40 bits per heavy atom. The van der Waals surface area contributed by atoms with Gasteiger partial charge < -0.3 is 19.7 Å². The molecule has 1 rings (SSSR count). The van der Waals surface area contributed by atoms with Crippen molar-refractivity contribution in [2.24, 2.45) is 10.9 Å². The van der Waals surface area contributed by atoms with Gasteiger partial charge in [-0.25, -0.2) is 0 Å². The smallest absolute Gasteiger partial charge is 0.193 e. The Bertz CT molecular complexity index is 259. The van der Waals surface area contributed by atoms with E-state index in [1.54, 1.807) is 0 Å². The highest BCUT2D eigenvalue weighted by molar-refractivity contribution is 14.0. The summed E-state index contributed by atoms with van der Waals surface area (Å²) >= 11 is 0. The zero-order valence-corrected chi connectivity index (χ0v) is 15.4. The fourth-order valence-corrected chi connectivity index (χ4v) is 2.28. The third kappa shape index (κ3) is 8.26. The fraction of sp³-hybridized carbons (Fsp3) is 0.929. The third-order valence-corrected chi connectivity index (χ3v) is 3.52. The van der Waals surface area contributed by atoms with Crippen LogP contribution in [0.1, 0.15) is 26.2 Å². The van der Waals surface area contributed by atoms with Crippen molar-refractivity contribution in [2.75, 3.05) is 53.6 Å². The summed E-state index contributed by atoms with van der Waals surface area (Å²) < 4.78 is 10.7. The number of nitrogens with zero attached hydrogens (tertiary/aromatic N) is 2. The standard InChI is InChI=1S/C14H29N3O2.HI/c1-4-18-12-8-16-14(15-2)17(3)9-5-13-6-10-19-11-7-13;/h13H,4-12H2,1-3H3,(H,15,16);1H. The Morgan fingerprint density at radius 3 is 2.70 bits per heavy atom. The monoisotopic (exact) mass is 399 g/mol. The van der Waals surface area contributed by atoms with E-state index in [2.05, 4.69) is 22.3 Å². The van der Waals surface area contributed by atoms with Crippen LogP contribution in [-0.4, -0.2) is 64.5 Å². The highest BCUT2D eigenvalue weighted by Crippen LogP contribution is 2.18. The Balaban J connectivity index is 0.00000361. The summed E-state index contributed by atoms with van der Waals surface area (Å²) in [6, 6.07) is 0. The van der Waals surface area contributed by atoms with Gasteiger partial charge in [0.1, 0.15) is 0 Å². The molecule has 0 radical (unpaired) electrons. The maximum Gasteiger partial charge on any atom is 0.193 e. The summed E-state index contributed by atoms with van der Waals surface area (Å²) in [5.41, 5.74) is 0. The molecule has 0 unspecified atom stereocenters. The van der Waals surface area contributed by atoms with Crippen LogP contribution in [0.3, 0.4) is 0 Å². The molecule has 120 valence electrons. The third-order valence-electron chi connectivity index (χ3n) is 3.52. The molecule has 1 heterocycles. The molecule has 0 saturated carbocycles.